The summed E-state index contributed by atoms with van der Waals surface area (Å²) in [7, 11) is 0. The third kappa shape index (κ3) is 4.10. The molecule has 9 heteroatoms. The average Bonchev–Trinajstić information content (AvgIpc) is 3.35. The molecule has 1 N–H and O–H groups in total. The fourth-order valence-electron chi connectivity index (χ4n) is 3.59. The predicted octanol–water partition coefficient (Wildman–Crippen LogP) is 4.25. The fourth-order valence-corrected chi connectivity index (χ4v) is 4.90. The highest BCUT2D eigenvalue weighted by molar-refractivity contribution is 7.99. The second-order valence-corrected chi connectivity index (χ2v) is 8.32. The number of amides is 1. The Hall–Kier alpha value is -2.26. The zero-order valence-electron chi connectivity index (χ0n) is 15.5. The molecule has 0 aliphatic heterocycles. The van der Waals surface area contributed by atoms with Gasteiger partial charge in [-0.2, -0.15) is 8.75 Å². The number of carbonyl (C=O) groups is 1. The van der Waals surface area contributed by atoms with Crippen LogP contribution in [0, 0.1) is 0 Å². The second-order valence-electron chi connectivity index (χ2n) is 6.85. The van der Waals surface area contributed by atoms with Crippen molar-refractivity contribution in [1.29, 1.82) is 0 Å². The maximum atomic E-state index is 12.5. The molecule has 7 nitrogen and oxygen atoms in total. The van der Waals surface area contributed by atoms with E-state index < -0.39 is 0 Å². The van der Waals surface area contributed by atoms with Gasteiger partial charge in [-0.3, -0.25) is 4.79 Å². The van der Waals surface area contributed by atoms with Gasteiger partial charge in [0.15, 0.2) is 5.16 Å². The van der Waals surface area contributed by atoms with Gasteiger partial charge in [0.05, 0.1) is 23.2 Å². The zero-order chi connectivity index (χ0) is 19.3. The first-order valence-electron chi connectivity index (χ1n) is 9.44. The number of rotatable bonds is 7. The molecule has 28 heavy (non-hydrogen) atoms. The lowest BCUT2D eigenvalue weighted by Gasteiger charge is -2.21. The standard InChI is InChI=1S/C19H22N6OS2/c1-2-11-25-18(13-7-4-3-5-8-13)21-22-19(25)27-12-16(26)20-14-9-6-10-15-17(14)24-28-23-15/h2,6,9-10,13H,1,3-5,7-8,11-12H2,(H,20,26). The van der Waals surface area contributed by atoms with E-state index in [4.69, 9.17) is 0 Å². The number of carbonyl (C=O) groups excluding carboxylic acids is 1. The molecule has 1 aliphatic carbocycles. The molecule has 1 fully saturated rings. The minimum Gasteiger partial charge on any atom is -0.323 e. The van der Waals surface area contributed by atoms with Gasteiger partial charge in [-0.05, 0) is 25.0 Å². The van der Waals surface area contributed by atoms with Crippen molar-refractivity contribution in [2.75, 3.05) is 11.1 Å². The second kappa shape index (κ2) is 8.83. The summed E-state index contributed by atoms with van der Waals surface area (Å²) in [5, 5.41) is 12.5. The van der Waals surface area contributed by atoms with Crippen LogP contribution in [-0.2, 0) is 11.3 Å². The Morgan fingerprint density at radius 1 is 1.29 bits per heavy atom. The molecule has 1 amide bonds. The molecule has 0 saturated heterocycles. The fraction of sp³-hybridized carbons (Fsp3) is 0.421. The molecule has 4 rings (SSSR count). The number of hydrogen-bond donors (Lipinski definition) is 1. The molecule has 0 spiro atoms. The lowest BCUT2D eigenvalue weighted by Crippen LogP contribution is -2.16. The van der Waals surface area contributed by atoms with Crippen LogP contribution in [0.3, 0.4) is 0 Å². The molecule has 1 aliphatic rings. The Kier molecular flexibility index (Phi) is 6.01. The average molecular weight is 415 g/mol. The van der Waals surface area contributed by atoms with E-state index in [1.807, 2.05) is 24.3 Å². The van der Waals surface area contributed by atoms with Crippen molar-refractivity contribution in [3.8, 4) is 0 Å². The van der Waals surface area contributed by atoms with Crippen LogP contribution in [0.4, 0.5) is 5.69 Å². The van der Waals surface area contributed by atoms with Crippen molar-refractivity contribution in [2.24, 2.45) is 0 Å². The monoisotopic (exact) mass is 414 g/mol. The van der Waals surface area contributed by atoms with Gasteiger partial charge in [0, 0.05) is 12.5 Å². The summed E-state index contributed by atoms with van der Waals surface area (Å²) in [6, 6.07) is 5.59. The molecular formula is C19H22N6OS2. The molecule has 0 unspecified atom stereocenters. The van der Waals surface area contributed by atoms with Gasteiger partial charge in [0.2, 0.25) is 5.91 Å². The first-order chi connectivity index (χ1) is 13.8. The third-order valence-corrected chi connectivity index (χ3v) is 6.43. The van der Waals surface area contributed by atoms with Crippen molar-refractivity contribution in [1.82, 2.24) is 23.5 Å². The number of aromatic nitrogens is 5. The first-order valence-corrected chi connectivity index (χ1v) is 11.2. The van der Waals surface area contributed by atoms with Crippen molar-refractivity contribution in [3.63, 3.8) is 0 Å². The maximum Gasteiger partial charge on any atom is 0.234 e. The number of nitrogens with zero attached hydrogens (tertiary/aromatic N) is 5. The number of fused-ring (bicyclic) bond motifs is 1. The van der Waals surface area contributed by atoms with Crippen LogP contribution >= 0.6 is 23.5 Å². The summed E-state index contributed by atoms with van der Waals surface area (Å²) in [6.07, 6.45) is 7.96. The molecule has 2 aromatic heterocycles. The maximum absolute atomic E-state index is 12.5. The Balaban J connectivity index is 1.44. The number of anilines is 1. The summed E-state index contributed by atoms with van der Waals surface area (Å²) < 4.78 is 10.6. The van der Waals surface area contributed by atoms with E-state index in [1.165, 1.54) is 31.0 Å². The molecule has 0 bridgehead atoms. The summed E-state index contributed by atoms with van der Waals surface area (Å²) in [5.74, 6) is 1.64. The summed E-state index contributed by atoms with van der Waals surface area (Å²) >= 11 is 2.54. The van der Waals surface area contributed by atoms with Crippen molar-refractivity contribution >= 4 is 46.1 Å². The Morgan fingerprint density at radius 3 is 2.96 bits per heavy atom. The number of nitrogens with one attached hydrogen (secondary N) is 1. The summed E-state index contributed by atoms with van der Waals surface area (Å²) in [5.41, 5.74) is 2.20. The minimum absolute atomic E-state index is 0.0992. The molecular weight excluding hydrogens is 392 g/mol. The van der Waals surface area contributed by atoms with Crippen LogP contribution in [0.5, 0.6) is 0 Å². The van der Waals surface area contributed by atoms with E-state index in [0.717, 1.165) is 46.6 Å². The highest BCUT2D eigenvalue weighted by atomic mass is 32.2. The normalized spacial score (nSPS) is 15.0. The van der Waals surface area contributed by atoms with Gasteiger partial charge < -0.3 is 9.88 Å². The van der Waals surface area contributed by atoms with E-state index in [1.54, 1.807) is 0 Å². The van der Waals surface area contributed by atoms with Gasteiger partial charge in [-0.15, -0.1) is 16.8 Å². The third-order valence-electron chi connectivity index (χ3n) is 4.92. The van der Waals surface area contributed by atoms with Crippen molar-refractivity contribution in [2.45, 2.75) is 49.7 Å². The minimum atomic E-state index is -0.0992. The van der Waals surface area contributed by atoms with Gasteiger partial charge >= 0.3 is 0 Å². The smallest absolute Gasteiger partial charge is 0.234 e. The van der Waals surface area contributed by atoms with Gasteiger partial charge in [0.25, 0.3) is 0 Å². The molecule has 2 heterocycles. The van der Waals surface area contributed by atoms with E-state index in [2.05, 4.69) is 35.4 Å². The molecule has 146 valence electrons. The number of benzene rings is 1. The Labute approximate surface area is 172 Å². The first kappa shape index (κ1) is 19.1. The van der Waals surface area contributed by atoms with Crippen LogP contribution in [-0.4, -0.2) is 35.2 Å². The number of hydrogen-bond acceptors (Lipinski definition) is 7. The quantitative estimate of drug-likeness (QED) is 0.459. The lowest BCUT2D eigenvalue weighted by atomic mass is 9.89. The number of thioether (sulfide) groups is 1. The molecule has 1 saturated carbocycles. The van der Waals surface area contributed by atoms with Crippen LogP contribution < -0.4 is 5.32 Å². The van der Waals surface area contributed by atoms with Gasteiger partial charge in [-0.1, -0.05) is 43.2 Å². The van der Waals surface area contributed by atoms with Crippen molar-refractivity contribution < 1.29 is 4.79 Å². The van der Waals surface area contributed by atoms with E-state index in [9.17, 15) is 4.79 Å². The van der Waals surface area contributed by atoms with Crippen LogP contribution in [0.25, 0.3) is 11.0 Å². The van der Waals surface area contributed by atoms with Crippen LogP contribution in [0.2, 0.25) is 0 Å². The predicted molar refractivity (Wildman–Crippen MR) is 113 cm³/mol. The highest BCUT2D eigenvalue weighted by Crippen LogP contribution is 2.33. The van der Waals surface area contributed by atoms with E-state index >= 15 is 0 Å². The zero-order valence-corrected chi connectivity index (χ0v) is 17.1. The largest absolute Gasteiger partial charge is 0.323 e. The van der Waals surface area contributed by atoms with E-state index in [0.29, 0.717) is 18.2 Å². The summed E-state index contributed by atoms with van der Waals surface area (Å²) in [4.78, 5) is 12.5. The van der Waals surface area contributed by atoms with Crippen LogP contribution in [0.15, 0.2) is 36.0 Å². The lowest BCUT2D eigenvalue weighted by molar-refractivity contribution is -0.113. The van der Waals surface area contributed by atoms with E-state index in [-0.39, 0.29) is 11.7 Å². The molecule has 0 radical (unpaired) electrons. The Morgan fingerprint density at radius 2 is 2.14 bits per heavy atom. The highest BCUT2D eigenvalue weighted by Gasteiger charge is 2.23. The van der Waals surface area contributed by atoms with Gasteiger partial charge in [0.1, 0.15) is 16.9 Å². The van der Waals surface area contributed by atoms with Crippen LogP contribution in [0.1, 0.15) is 43.8 Å². The summed E-state index contributed by atoms with van der Waals surface area (Å²) in [6.45, 7) is 4.52. The number of allylic oxidation sites excluding steroid dienone is 1. The topological polar surface area (TPSA) is 85.6 Å². The molecule has 0 atom stereocenters. The molecule has 1 aromatic carbocycles. The molecule has 3 aromatic rings. The van der Waals surface area contributed by atoms with Crippen molar-refractivity contribution in [3.05, 3.63) is 36.7 Å². The Bertz CT molecular complexity index is 976. The SMILES string of the molecule is C=CCn1c(SCC(=O)Nc2cccc3nsnc23)nnc1C1CCCCC1. The van der Waals surface area contributed by atoms with Gasteiger partial charge in [-0.25, -0.2) is 0 Å².